The van der Waals surface area contributed by atoms with Gasteiger partial charge < -0.3 is 0 Å². The number of hydrogen-bond acceptors (Lipinski definition) is 5. The zero-order valence-corrected chi connectivity index (χ0v) is 19.5. The molecule has 0 bridgehead atoms. The van der Waals surface area contributed by atoms with Gasteiger partial charge in [-0.2, -0.15) is 0 Å². The highest BCUT2D eigenvalue weighted by atomic mass is 32.2. The van der Waals surface area contributed by atoms with E-state index >= 15 is 0 Å². The molecule has 0 radical (unpaired) electrons. The number of carbonyl (C=O) groups excluding carboxylic acids is 1. The number of carbonyl (C=O) groups is 1. The van der Waals surface area contributed by atoms with E-state index in [1.165, 1.54) is 27.9 Å². The molecule has 31 heavy (non-hydrogen) atoms. The minimum absolute atomic E-state index is 0.000191. The third-order valence-electron chi connectivity index (χ3n) is 5.44. The van der Waals surface area contributed by atoms with Gasteiger partial charge in [-0.1, -0.05) is 23.9 Å². The topological polar surface area (TPSA) is 72.3 Å². The fourth-order valence-electron chi connectivity index (χ4n) is 3.85. The lowest BCUT2D eigenvalue weighted by atomic mass is 9.99. The predicted molar refractivity (Wildman–Crippen MR) is 125 cm³/mol. The lowest BCUT2D eigenvalue weighted by Crippen LogP contribution is -2.34. The van der Waals surface area contributed by atoms with Crippen LogP contribution in [0.2, 0.25) is 0 Å². The molecular weight excluding hydrogens is 430 g/mol. The van der Waals surface area contributed by atoms with Gasteiger partial charge in [0.05, 0.1) is 23.4 Å². The SMILES string of the molecule is Cc1ccc(C)c(-n2ccnc2SCC(=O)c2ccc3c(c2)CCCN3S(C)(=O)=O)c1. The summed E-state index contributed by atoms with van der Waals surface area (Å²) in [7, 11) is -3.32. The summed E-state index contributed by atoms with van der Waals surface area (Å²) in [5.74, 6) is 0.260. The number of sulfonamides is 1. The molecule has 0 aliphatic carbocycles. The van der Waals surface area contributed by atoms with E-state index in [0.717, 1.165) is 34.8 Å². The monoisotopic (exact) mass is 455 g/mol. The van der Waals surface area contributed by atoms with Crippen molar-refractivity contribution >= 4 is 33.3 Å². The molecule has 0 amide bonds. The Kier molecular flexibility index (Phi) is 5.94. The lowest BCUT2D eigenvalue weighted by molar-refractivity contribution is 0.102. The molecular formula is C23H25N3O3S2. The van der Waals surface area contributed by atoms with E-state index in [4.69, 9.17) is 0 Å². The van der Waals surface area contributed by atoms with Crippen LogP contribution in [0, 0.1) is 13.8 Å². The third-order valence-corrected chi connectivity index (χ3v) is 7.59. The number of aromatic nitrogens is 2. The number of fused-ring (bicyclic) bond motifs is 1. The number of imidazole rings is 1. The number of aryl methyl sites for hydroxylation is 3. The first-order valence-electron chi connectivity index (χ1n) is 10.1. The summed E-state index contributed by atoms with van der Waals surface area (Å²) in [4.78, 5) is 17.3. The maximum atomic E-state index is 12.9. The Hall–Kier alpha value is -2.58. The van der Waals surface area contributed by atoms with Crippen LogP contribution in [0.15, 0.2) is 53.9 Å². The maximum Gasteiger partial charge on any atom is 0.232 e. The van der Waals surface area contributed by atoms with Crippen molar-refractivity contribution in [2.45, 2.75) is 31.8 Å². The van der Waals surface area contributed by atoms with Gasteiger partial charge in [0.2, 0.25) is 10.0 Å². The number of nitrogens with zero attached hydrogens (tertiary/aromatic N) is 3. The van der Waals surface area contributed by atoms with Gasteiger partial charge in [0, 0.05) is 24.5 Å². The standard InChI is InChI=1S/C23H25N3O3S2/c1-16-6-7-17(2)21(13-16)25-12-10-24-23(25)30-15-22(27)19-8-9-20-18(14-19)5-4-11-26(20)31(3,28)29/h6-10,12-14H,4-5,11,15H2,1-3H3. The number of thioether (sulfide) groups is 1. The van der Waals surface area contributed by atoms with Crippen molar-refractivity contribution in [2.75, 3.05) is 22.9 Å². The van der Waals surface area contributed by atoms with Gasteiger partial charge in [-0.3, -0.25) is 13.7 Å². The number of hydrogen-bond donors (Lipinski definition) is 0. The fourth-order valence-corrected chi connectivity index (χ4v) is 5.71. The van der Waals surface area contributed by atoms with Gasteiger partial charge >= 0.3 is 0 Å². The van der Waals surface area contributed by atoms with E-state index in [1.807, 2.05) is 16.8 Å². The molecule has 4 rings (SSSR count). The molecule has 2 aromatic carbocycles. The normalized spacial score (nSPS) is 13.8. The highest BCUT2D eigenvalue weighted by Gasteiger charge is 2.24. The second kappa shape index (κ2) is 8.51. The molecule has 6 nitrogen and oxygen atoms in total. The third kappa shape index (κ3) is 4.55. The summed E-state index contributed by atoms with van der Waals surface area (Å²) >= 11 is 1.40. The Morgan fingerprint density at radius 2 is 1.94 bits per heavy atom. The molecule has 3 aromatic rings. The maximum absolute atomic E-state index is 12.9. The average molecular weight is 456 g/mol. The van der Waals surface area contributed by atoms with Crippen LogP contribution < -0.4 is 4.31 Å². The summed E-state index contributed by atoms with van der Waals surface area (Å²) in [5, 5.41) is 0.767. The van der Waals surface area contributed by atoms with Crippen LogP contribution in [0.1, 0.15) is 33.5 Å². The molecule has 1 aliphatic heterocycles. The largest absolute Gasteiger partial charge is 0.295 e. The molecule has 1 aromatic heterocycles. The Balaban J connectivity index is 1.52. The second-order valence-electron chi connectivity index (χ2n) is 7.86. The van der Waals surface area contributed by atoms with E-state index in [2.05, 4.69) is 37.0 Å². The van der Waals surface area contributed by atoms with Crippen LogP contribution in [0.25, 0.3) is 5.69 Å². The Morgan fingerprint density at radius 3 is 2.71 bits per heavy atom. The Bertz CT molecular complexity index is 1250. The van der Waals surface area contributed by atoms with Crippen molar-refractivity contribution in [3.05, 3.63) is 71.0 Å². The quantitative estimate of drug-likeness (QED) is 0.412. The summed E-state index contributed by atoms with van der Waals surface area (Å²) in [5.41, 5.74) is 5.56. The molecule has 2 heterocycles. The van der Waals surface area contributed by atoms with Crippen LogP contribution in [0.3, 0.4) is 0 Å². The van der Waals surface area contributed by atoms with Gasteiger partial charge in [-0.15, -0.1) is 0 Å². The number of Topliss-reactive ketones (excluding diaryl/α,β-unsaturated/α-hetero) is 1. The fraction of sp³-hybridized carbons (Fsp3) is 0.304. The number of benzene rings is 2. The average Bonchev–Trinajstić information content (AvgIpc) is 3.20. The molecule has 0 saturated heterocycles. The molecule has 0 spiro atoms. The van der Waals surface area contributed by atoms with Gasteiger partial charge in [0.15, 0.2) is 10.9 Å². The minimum Gasteiger partial charge on any atom is -0.295 e. The number of anilines is 1. The van der Waals surface area contributed by atoms with Crippen molar-refractivity contribution in [1.82, 2.24) is 9.55 Å². The first-order valence-corrected chi connectivity index (χ1v) is 12.9. The van der Waals surface area contributed by atoms with Crippen molar-refractivity contribution in [3.63, 3.8) is 0 Å². The van der Waals surface area contributed by atoms with E-state index < -0.39 is 10.0 Å². The highest BCUT2D eigenvalue weighted by Crippen LogP contribution is 2.31. The van der Waals surface area contributed by atoms with Crippen LogP contribution in [0.5, 0.6) is 0 Å². The number of rotatable bonds is 6. The molecule has 8 heteroatoms. The van der Waals surface area contributed by atoms with Gasteiger partial charge in [-0.25, -0.2) is 13.4 Å². The smallest absolute Gasteiger partial charge is 0.232 e. The first-order chi connectivity index (χ1) is 14.7. The molecule has 0 atom stereocenters. The van der Waals surface area contributed by atoms with Crippen molar-refractivity contribution in [1.29, 1.82) is 0 Å². The summed E-state index contributed by atoms with van der Waals surface area (Å²) in [6.07, 6.45) is 6.39. The minimum atomic E-state index is -3.32. The molecule has 0 unspecified atom stereocenters. The molecule has 0 N–H and O–H groups in total. The number of ketones is 1. The van der Waals surface area contributed by atoms with Gasteiger partial charge in [0.1, 0.15) is 0 Å². The molecule has 0 saturated carbocycles. The summed E-state index contributed by atoms with van der Waals surface area (Å²) in [6, 6.07) is 11.6. The molecule has 0 fully saturated rings. The van der Waals surface area contributed by atoms with Gasteiger partial charge in [-0.05, 0) is 67.6 Å². The van der Waals surface area contributed by atoms with Crippen LogP contribution in [0.4, 0.5) is 5.69 Å². The lowest BCUT2D eigenvalue weighted by Gasteiger charge is -2.29. The van der Waals surface area contributed by atoms with Crippen molar-refractivity contribution < 1.29 is 13.2 Å². The van der Waals surface area contributed by atoms with Crippen LogP contribution >= 0.6 is 11.8 Å². The van der Waals surface area contributed by atoms with E-state index in [0.29, 0.717) is 17.8 Å². The molecule has 162 valence electrons. The van der Waals surface area contributed by atoms with Crippen LogP contribution in [-0.2, 0) is 16.4 Å². The Morgan fingerprint density at radius 1 is 1.13 bits per heavy atom. The summed E-state index contributed by atoms with van der Waals surface area (Å²) < 4.78 is 27.5. The zero-order valence-electron chi connectivity index (χ0n) is 17.8. The molecule has 1 aliphatic rings. The second-order valence-corrected chi connectivity index (χ2v) is 10.7. The van der Waals surface area contributed by atoms with Crippen molar-refractivity contribution in [2.24, 2.45) is 0 Å². The van der Waals surface area contributed by atoms with E-state index in [1.54, 1.807) is 18.3 Å². The van der Waals surface area contributed by atoms with Crippen LogP contribution in [-0.4, -0.2) is 42.3 Å². The predicted octanol–water partition coefficient (Wildman–Crippen LogP) is 4.18. The highest BCUT2D eigenvalue weighted by molar-refractivity contribution is 7.99. The van der Waals surface area contributed by atoms with E-state index in [9.17, 15) is 13.2 Å². The van der Waals surface area contributed by atoms with E-state index in [-0.39, 0.29) is 11.5 Å². The zero-order chi connectivity index (χ0) is 22.2. The van der Waals surface area contributed by atoms with Gasteiger partial charge in [0.25, 0.3) is 0 Å². The van der Waals surface area contributed by atoms with Crippen molar-refractivity contribution in [3.8, 4) is 5.69 Å². The summed E-state index contributed by atoms with van der Waals surface area (Å²) in [6.45, 7) is 4.59. The first kappa shape index (κ1) is 21.6. The Labute approximate surface area is 187 Å².